The van der Waals surface area contributed by atoms with Gasteiger partial charge in [0.15, 0.2) is 0 Å². The molecule has 0 saturated heterocycles. The Morgan fingerprint density at radius 2 is 1.60 bits per heavy atom. The van der Waals surface area contributed by atoms with Gasteiger partial charge in [-0.3, -0.25) is 9.59 Å². The van der Waals surface area contributed by atoms with Crippen LogP contribution in [-0.4, -0.2) is 54.2 Å². The van der Waals surface area contributed by atoms with Crippen LogP contribution in [-0.2, 0) is 14.3 Å². The van der Waals surface area contributed by atoms with Gasteiger partial charge in [0.1, 0.15) is 6.61 Å². The van der Waals surface area contributed by atoms with Gasteiger partial charge in [-0.25, -0.2) is 4.79 Å². The second-order valence-electron chi connectivity index (χ2n) is 8.97. The first-order valence-corrected chi connectivity index (χ1v) is 12.5. The van der Waals surface area contributed by atoms with Gasteiger partial charge in [-0.15, -0.1) is 0 Å². The summed E-state index contributed by atoms with van der Waals surface area (Å²) in [5.74, 6) is -0.588. The lowest BCUT2D eigenvalue weighted by Crippen LogP contribution is -2.33. The van der Waals surface area contributed by atoms with Crippen molar-refractivity contribution in [1.29, 1.82) is 0 Å². The normalized spacial score (nSPS) is 13.0. The van der Waals surface area contributed by atoms with Crippen molar-refractivity contribution in [3.8, 4) is 11.1 Å². The minimum atomic E-state index is -0.901. The van der Waals surface area contributed by atoms with Crippen molar-refractivity contribution in [2.75, 3.05) is 26.2 Å². The summed E-state index contributed by atoms with van der Waals surface area (Å²) >= 11 is 0. The molecule has 3 rings (SSSR count). The highest BCUT2D eigenvalue weighted by Crippen LogP contribution is 2.44. The summed E-state index contributed by atoms with van der Waals surface area (Å²) in [5.41, 5.74) is 4.76. The number of carbonyl (C=O) groups excluding carboxylic acids is 2. The lowest BCUT2D eigenvalue weighted by molar-refractivity contribution is -0.138. The molecule has 7 nitrogen and oxygen atoms in total. The van der Waals surface area contributed by atoms with Gasteiger partial charge in [-0.1, -0.05) is 61.9 Å². The summed E-state index contributed by atoms with van der Waals surface area (Å²) in [7, 11) is 0. The maximum absolute atomic E-state index is 12.4. The molecule has 0 spiro atoms. The first-order chi connectivity index (χ1) is 16.9. The van der Waals surface area contributed by atoms with Crippen LogP contribution in [0.25, 0.3) is 11.1 Å². The van der Waals surface area contributed by atoms with E-state index in [1.54, 1.807) is 4.90 Å². The largest absolute Gasteiger partial charge is 0.481 e. The summed E-state index contributed by atoms with van der Waals surface area (Å²) in [4.78, 5) is 37.2. The molecule has 2 aromatic rings. The van der Waals surface area contributed by atoms with Gasteiger partial charge < -0.3 is 20.1 Å². The lowest BCUT2D eigenvalue weighted by Gasteiger charge is -2.22. The molecule has 0 radical (unpaired) electrons. The second-order valence-corrected chi connectivity index (χ2v) is 8.97. The number of nitrogens with zero attached hydrogens (tertiary/aromatic N) is 1. The van der Waals surface area contributed by atoms with Crippen LogP contribution in [0.15, 0.2) is 48.5 Å². The summed E-state index contributed by atoms with van der Waals surface area (Å²) in [6.07, 6.45) is 2.29. The molecule has 1 unspecified atom stereocenters. The molecular weight excluding hydrogens is 444 g/mol. The van der Waals surface area contributed by atoms with Gasteiger partial charge in [-0.2, -0.15) is 0 Å². The van der Waals surface area contributed by atoms with Gasteiger partial charge in [0, 0.05) is 32.0 Å². The van der Waals surface area contributed by atoms with E-state index in [1.165, 1.54) is 22.3 Å². The lowest BCUT2D eigenvalue weighted by atomic mass is 9.96. The Morgan fingerprint density at radius 3 is 2.17 bits per heavy atom. The fourth-order valence-electron chi connectivity index (χ4n) is 4.76. The maximum atomic E-state index is 12.4. The molecule has 2 N–H and O–H groups in total. The Kier molecular flexibility index (Phi) is 9.70. The van der Waals surface area contributed by atoms with Gasteiger partial charge in [0.05, 0.1) is 6.42 Å². The van der Waals surface area contributed by atoms with Crippen LogP contribution in [0.4, 0.5) is 4.79 Å². The third-order valence-electron chi connectivity index (χ3n) is 6.84. The van der Waals surface area contributed by atoms with E-state index in [2.05, 4.69) is 36.5 Å². The zero-order valence-corrected chi connectivity index (χ0v) is 20.7. The number of carboxylic acid groups (broad SMARTS) is 1. The fourth-order valence-corrected chi connectivity index (χ4v) is 4.76. The third kappa shape index (κ3) is 7.07. The monoisotopic (exact) mass is 480 g/mol. The average Bonchev–Trinajstić information content (AvgIpc) is 3.18. The number of hydrogen-bond acceptors (Lipinski definition) is 4. The minimum absolute atomic E-state index is 0.0169. The molecule has 1 aliphatic carbocycles. The molecule has 1 atom stereocenters. The summed E-state index contributed by atoms with van der Waals surface area (Å²) in [6.45, 7) is 5.45. The summed E-state index contributed by atoms with van der Waals surface area (Å²) in [6, 6.07) is 16.5. The van der Waals surface area contributed by atoms with Gasteiger partial charge >= 0.3 is 12.1 Å². The predicted molar refractivity (Wildman–Crippen MR) is 135 cm³/mol. The van der Waals surface area contributed by atoms with Crippen molar-refractivity contribution in [2.45, 2.75) is 51.9 Å². The molecular formula is C28H36N2O5. The fraction of sp³-hybridized carbons (Fsp3) is 0.464. The van der Waals surface area contributed by atoms with Crippen molar-refractivity contribution in [2.24, 2.45) is 5.92 Å². The third-order valence-corrected chi connectivity index (χ3v) is 6.84. The molecule has 0 aliphatic heterocycles. The number of carbonyl (C=O) groups is 3. The highest BCUT2D eigenvalue weighted by atomic mass is 16.5. The number of aliphatic carboxylic acids is 1. The Bertz CT molecular complexity index is 976. The van der Waals surface area contributed by atoms with Crippen LogP contribution in [0.2, 0.25) is 0 Å². The van der Waals surface area contributed by atoms with E-state index in [0.29, 0.717) is 31.8 Å². The highest BCUT2D eigenvalue weighted by molar-refractivity contribution is 5.79. The molecule has 1 aliphatic rings. The number of carboxylic acids is 1. The number of ether oxygens (including phenoxy) is 1. The van der Waals surface area contributed by atoms with Crippen LogP contribution >= 0.6 is 0 Å². The van der Waals surface area contributed by atoms with E-state index in [-0.39, 0.29) is 31.4 Å². The van der Waals surface area contributed by atoms with Crippen molar-refractivity contribution in [3.63, 3.8) is 0 Å². The molecule has 188 valence electrons. The highest BCUT2D eigenvalue weighted by Gasteiger charge is 2.29. The average molecular weight is 481 g/mol. The maximum Gasteiger partial charge on any atom is 0.407 e. The van der Waals surface area contributed by atoms with Crippen molar-refractivity contribution < 1.29 is 24.2 Å². The van der Waals surface area contributed by atoms with Crippen LogP contribution < -0.4 is 5.32 Å². The van der Waals surface area contributed by atoms with E-state index >= 15 is 0 Å². The Morgan fingerprint density at radius 1 is 0.971 bits per heavy atom. The molecule has 2 aromatic carbocycles. The van der Waals surface area contributed by atoms with Crippen LogP contribution in [0.5, 0.6) is 0 Å². The Hall–Kier alpha value is -3.35. The topological polar surface area (TPSA) is 95.9 Å². The first kappa shape index (κ1) is 26.3. The van der Waals surface area contributed by atoms with E-state index < -0.39 is 12.1 Å². The quantitative estimate of drug-likeness (QED) is 0.418. The zero-order valence-electron chi connectivity index (χ0n) is 20.7. The van der Waals surface area contributed by atoms with E-state index in [9.17, 15) is 14.4 Å². The van der Waals surface area contributed by atoms with Crippen LogP contribution in [0.3, 0.4) is 0 Å². The molecule has 7 heteroatoms. The van der Waals surface area contributed by atoms with Crippen LogP contribution in [0.1, 0.15) is 63.0 Å². The van der Waals surface area contributed by atoms with Gasteiger partial charge in [0.2, 0.25) is 5.91 Å². The Balaban J connectivity index is 1.41. The molecule has 35 heavy (non-hydrogen) atoms. The van der Waals surface area contributed by atoms with E-state index in [1.807, 2.05) is 31.2 Å². The number of rotatable bonds is 13. The number of alkyl carbamates (subject to hydrolysis) is 1. The number of hydrogen-bond donors (Lipinski definition) is 2. The number of nitrogens with one attached hydrogen (secondary N) is 1. The van der Waals surface area contributed by atoms with Crippen molar-refractivity contribution >= 4 is 18.0 Å². The van der Waals surface area contributed by atoms with Crippen LogP contribution in [0, 0.1) is 5.92 Å². The van der Waals surface area contributed by atoms with Gasteiger partial charge in [0.25, 0.3) is 0 Å². The summed E-state index contributed by atoms with van der Waals surface area (Å²) in [5, 5.41) is 11.7. The molecule has 0 aromatic heterocycles. The van der Waals surface area contributed by atoms with Gasteiger partial charge in [-0.05, 0) is 47.9 Å². The number of fused-ring (bicyclic) bond motifs is 3. The Labute approximate surface area is 207 Å². The summed E-state index contributed by atoms with van der Waals surface area (Å²) < 4.78 is 5.59. The smallest absolute Gasteiger partial charge is 0.407 e. The second kappa shape index (κ2) is 12.9. The SMILES string of the molecule is CCC(CCNC(=O)OCC1c2ccccc2-c2ccccc21)CCC(=O)N(CC)CCC(=O)O. The van der Waals surface area contributed by atoms with Crippen molar-refractivity contribution in [3.05, 3.63) is 59.7 Å². The van der Waals surface area contributed by atoms with E-state index in [4.69, 9.17) is 9.84 Å². The van der Waals surface area contributed by atoms with E-state index in [0.717, 1.165) is 12.8 Å². The first-order valence-electron chi connectivity index (χ1n) is 12.5. The minimum Gasteiger partial charge on any atom is -0.481 e. The number of benzene rings is 2. The predicted octanol–water partition coefficient (Wildman–Crippen LogP) is 5.04. The molecule has 0 saturated carbocycles. The zero-order chi connectivity index (χ0) is 25.2. The number of amides is 2. The molecule has 0 fully saturated rings. The molecule has 2 amide bonds. The standard InChI is InChI=1S/C28H36N2O5/c1-3-20(13-14-26(31)30(4-2)18-16-27(32)33)15-17-29-28(34)35-19-25-23-11-7-5-9-21(23)22-10-6-8-12-24(22)25/h5-12,20,25H,3-4,13-19H2,1-2H3,(H,29,34)(H,32,33). The molecule has 0 heterocycles. The molecule has 0 bridgehead atoms. The van der Waals surface area contributed by atoms with Crippen molar-refractivity contribution in [1.82, 2.24) is 10.2 Å².